The van der Waals surface area contributed by atoms with Crippen molar-refractivity contribution in [2.75, 3.05) is 0 Å². The molecule has 3 rings (SSSR count). The van der Waals surface area contributed by atoms with Gasteiger partial charge in [0.1, 0.15) is 0 Å². The van der Waals surface area contributed by atoms with Gasteiger partial charge in [-0.15, -0.1) is 11.3 Å². The monoisotopic (exact) mass is 243 g/mol. The number of hydrogen-bond acceptors (Lipinski definition) is 2. The van der Waals surface area contributed by atoms with Gasteiger partial charge in [0.2, 0.25) is 0 Å². The Morgan fingerprint density at radius 1 is 1.00 bits per heavy atom. The second-order valence-electron chi connectivity index (χ2n) is 4.77. The summed E-state index contributed by atoms with van der Waals surface area (Å²) in [5, 5.41) is 3.56. The van der Waals surface area contributed by atoms with E-state index in [0.717, 1.165) is 11.6 Å². The first-order chi connectivity index (χ1) is 8.43. The van der Waals surface area contributed by atoms with Gasteiger partial charge in [-0.25, -0.2) is 4.98 Å². The van der Waals surface area contributed by atoms with Crippen LogP contribution >= 0.6 is 11.3 Å². The summed E-state index contributed by atoms with van der Waals surface area (Å²) in [5.41, 5.74) is 2.39. The number of aromatic nitrogens is 1. The summed E-state index contributed by atoms with van der Waals surface area (Å²) in [6.45, 7) is 0. The predicted molar refractivity (Wildman–Crippen MR) is 73.4 cm³/mol. The Bertz CT molecular complexity index is 469. The smallest absolute Gasteiger partial charge is 0.0963 e. The molecule has 0 N–H and O–H groups in total. The second-order valence-corrected chi connectivity index (χ2v) is 5.66. The molecule has 1 aromatic carbocycles. The zero-order valence-electron chi connectivity index (χ0n) is 9.93. The van der Waals surface area contributed by atoms with E-state index in [1.807, 2.05) is 11.3 Å². The van der Waals surface area contributed by atoms with Crippen molar-refractivity contribution in [2.45, 2.75) is 38.0 Å². The van der Waals surface area contributed by atoms with Crippen LogP contribution in [0, 0.1) is 0 Å². The molecule has 0 spiro atoms. The molecule has 1 heterocycles. The van der Waals surface area contributed by atoms with Crippen molar-refractivity contribution in [1.82, 2.24) is 4.98 Å². The van der Waals surface area contributed by atoms with E-state index in [9.17, 15) is 0 Å². The Hall–Kier alpha value is -1.15. The molecule has 1 fully saturated rings. The average Bonchev–Trinajstić information content (AvgIpc) is 2.90. The zero-order valence-corrected chi connectivity index (χ0v) is 10.7. The second kappa shape index (κ2) is 5.01. The third-order valence-electron chi connectivity index (χ3n) is 3.55. The lowest BCUT2D eigenvalue weighted by Gasteiger charge is -2.18. The molecule has 1 aliphatic carbocycles. The Morgan fingerprint density at radius 3 is 2.53 bits per heavy atom. The standard InChI is InChI=1S/C15H17NS/c1-3-7-12(8-4-1)14-11-17-15(16-14)13-9-5-2-6-10-13/h1,3-4,7-8,11,13H,2,5-6,9-10H2. The van der Waals surface area contributed by atoms with Gasteiger partial charge in [0.25, 0.3) is 0 Å². The Kier molecular flexibility index (Phi) is 3.23. The third kappa shape index (κ3) is 2.42. The quantitative estimate of drug-likeness (QED) is 0.734. The number of hydrogen-bond donors (Lipinski definition) is 0. The summed E-state index contributed by atoms with van der Waals surface area (Å²) in [5.74, 6) is 0.728. The van der Waals surface area contributed by atoms with Gasteiger partial charge in [-0.3, -0.25) is 0 Å². The molecule has 1 aromatic heterocycles. The van der Waals surface area contributed by atoms with Crippen molar-refractivity contribution in [3.05, 3.63) is 40.7 Å². The van der Waals surface area contributed by atoms with Crippen molar-refractivity contribution in [3.63, 3.8) is 0 Å². The zero-order chi connectivity index (χ0) is 11.5. The normalized spacial score (nSPS) is 17.2. The molecular formula is C15H17NS. The molecule has 0 saturated heterocycles. The van der Waals surface area contributed by atoms with Crippen LogP contribution < -0.4 is 0 Å². The van der Waals surface area contributed by atoms with Crippen molar-refractivity contribution in [1.29, 1.82) is 0 Å². The fourth-order valence-corrected chi connectivity index (χ4v) is 3.57. The molecule has 0 unspecified atom stereocenters. The van der Waals surface area contributed by atoms with E-state index in [2.05, 4.69) is 35.7 Å². The van der Waals surface area contributed by atoms with Gasteiger partial charge in [-0.1, -0.05) is 49.6 Å². The summed E-state index contributed by atoms with van der Waals surface area (Å²) in [6, 6.07) is 10.5. The van der Waals surface area contributed by atoms with Crippen molar-refractivity contribution >= 4 is 11.3 Å². The lowest BCUT2D eigenvalue weighted by atomic mass is 9.90. The molecule has 2 aromatic rings. The fraction of sp³-hybridized carbons (Fsp3) is 0.400. The molecule has 1 nitrogen and oxygen atoms in total. The minimum absolute atomic E-state index is 0.728. The van der Waals surface area contributed by atoms with Crippen LogP contribution in [-0.4, -0.2) is 4.98 Å². The van der Waals surface area contributed by atoms with Crippen LogP contribution in [0.5, 0.6) is 0 Å². The maximum Gasteiger partial charge on any atom is 0.0963 e. The lowest BCUT2D eigenvalue weighted by molar-refractivity contribution is 0.442. The van der Waals surface area contributed by atoms with Crippen LogP contribution in [0.2, 0.25) is 0 Å². The van der Waals surface area contributed by atoms with Gasteiger partial charge in [0.05, 0.1) is 10.7 Å². The summed E-state index contributed by atoms with van der Waals surface area (Å²) >= 11 is 1.84. The fourth-order valence-electron chi connectivity index (χ4n) is 2.57. The molecule has 0 radical (unpaired) electrons. The minimum Gasteiger partial charge on any atom is -0.241 e. The molecule has 0 aliphatic heterocycles. The Labute approximate surface area is 107 Å². The molecule has 17 heavy (non-hydrogen) atoms. The molecule has 2 heteroatoms. The summed E-state index contributed by atoms with van der Waals surface area (Å²) in [4.78, 5) is 4.82. The molecule has 0 atom stereocenters. The highest BCUT2D eigenvalue weighted by molar-refractivity contribution is 7.10. The van der Waals surface area contributed by atoms with Crippen LogP contribution in [0.3, 0.4) is 0 Å². The number of benzene rings is 1. The molecule has 1 saturated carbocycles. The van der Waals surface area contributed by atoms with E-state index in [0.29, 0.717) is 0 Å². The molecule has 1 aliphatic rings. The van der Waals surface area contributed by atoms with Crippen LogP contribution in [-0.2, 0) is 0 Å². The predicted octanol–water partition coefficient (Wildman–Crippen LogP) is 4.86. The van der Waals surface area contributed by atoms with Gasteiger partial charge in [0, 0.05) is 16.9 Å². The molecular weight excluding hydrogens is 226 g/mol. The van der Waals surface area contributed by atoms with Crippen molar-refractivity contribution in [3.8, 4) is 11.3 Å². The van der Waals surface area contributed by atoms with E-state index in [-0.39, 0.29) is 0 Å². The van der Waals surface area contributed by atoms with Crippen LogP contribution in [0.25, 0.3) is 11.3 Å². The first-order valence-electron chi connectivity index (χ1n) is 6.44. The topological polar surface area (TPSA) is 12.9 Å². The van der Waals surface area contributed by atoms with Crippen molar-refractivity contribution in [2.24, 2.45) is 0 Å². The van der Waals surface area contributed by atoms with Crippen LogP contribution in [0.1, 0.15) is 43.0 Å². The van der Waals surface area contributed by atoms with E-state index in [4.69, 9.17) is 4.98 Å². The highest BCUT2D eigenvalue weighted by Crippen LogP contribution is 2.35. The summed E-state index contributed by atoms with van der Waals surface area (Å²) in [6.07, 6.45) is 6.84. The Balaban J connectivity index is 1.83. The van der Waals surface area contributed by atoms with Crippen LogP contribution in [0.4, 0.5) is 0 Å². The highest BCUT2D eigenvalue weighted by Gasteiger charge is 2.18. The number of thiazole rings is 1. The van der Waals surface area contributed by atoms with E-state index in [1.54, 1.807) is 0 Å². The lowest BCUT2D eigenvalue weighted by Crippen LogP contribution is -2.03. The minimum atomic E-state index is 0.728. The first kappa shape index (κ1) is 11.0. The molecule has 88 valence electrons. The van der Waals surface area contributed by atoms with E-state index in [1.165, 1.54) is 42.7 Å². The number of nitrogens with zero attached hydrogens (tertiary/aromatic N) is 1. The van der Waals surface area contributed by atoms with Gasteiger partial charge in [-0.2, -0.15) is 0 Å². The third-order valence-corrected chi connectivity index (χ3v) is 4.55. The first-order valence-corrected chi connectivity index (χ1v) is 7.32. The maximum atomic E-state index is 4.82. The Morgan fingerprint density at radius 2 is 1.76 bits per heavy atom. The maximum absolute atomic E-state index is 4.82. The van der Waals surface area contributed by atoms with Crippen molar-refractivity contribution < 1.29 is 0 Å². The summed E-state index contributed by atoms with van der Waals surface area (Å²) < 4.78 is 0. The highest BCUT2D eigenvalue weighted by atomic mass is 32.1. The van der Waals surface area contributed by atoms with Gasteiger partial charge in [0.15, 0.2) is 0 Å². The molecule has 0 bridgehead atoms. The van der Waals surface area contributed by atoms with Gasteiger partial charge >= 0.3 is 0 Å². The van der Waals surface area contributed by atoms with Gasteiger partial charge < -0.3 is 0 Å². The average molecular weight is 243 g/mol. The summed E-state index contributed by atoms with van der Waals surface area (Å²) in [7, 11) is 0. The van der Waals surface area contributed by atoms with Crippen LogP contribution in [0.15, 0.2) is 35.7 Å². The largest absolute Gasteiger partial charge is 0.241 e. The van der Waals surface area contributed by atoms with Gasteiger partial charge in [-0.05, 0) is 12.8 Å². The SMILES string of the molecule is c1ccc(-c2csc(C3CCCCC3)n2)cc1. The van der Waals surface area contributed by atoms with E-state index < -0.39 is 0 Å². The molecule has 0 amide bonds. The van der Waals surface area contributed by atoms with E-state index >= 15 is 0 Å². The number of rotatable bonds is 2.